The van der Waals surface area contributed by atoms with Gasteiger partial charge in [-0.1, -0.05) is 35.3 Å². The van der Waals surface area contributed by atoms with E-state index < -0.39 is 16.5 Å². The van der Waals surface area contributed by atoms with Gasteiger partial charge in [-0.05, 0) is 30.3 Å². The molecule has 10 nitrogen and oxygen atoms in total. The Morgan fingerprint density at radius 2 is 1.87 bits per heavy atom. The van der Waals surface area contributed by atoms with Gasteiger partial charge in [0.2, 0.25) is 11.6 Å². The average molecular weight is 449 g/mol. The quantitative estimate of drug-likeness (QED) is 0.361. The molecule has 0 aliphatic rings. The topological polar surface area (TPSA) is 131 Å². The molecule has 0 radical (unpaired) electrons. The summed E-state index contributed by atoms with van der Waals surface area (Å²) in [7, 11) is 1.47. The van der Waals surface area contributed by atoms with E-state index in [0.717, 1.165) is 6.33 Å². The highest BCUT2D eigenvalue weighted by molar-refractivity contribution is 6.36. The Morgan fingerprint density at radius 1 is 1.13 bits per heavy atom. The summed E-state index contributed by atoms with van der Waals surface area (Å²) in [5, 5.41) is 15.0. The maximum Gasteiger partial charge on any atom is 0.355 e. The zero-order valence-electron chi connectivity index (χ0n) is 15.3. The minimum Gasteiger partial charge on any atom is -0.495 e. The first-order valence-corrected chi connectivity index (χ1v) is 9.07. The van der Waals surface area contributed by atoms with Crippen molar-refractivity contribution in [3.05, 3.63) is 74.5 Å². The molecule has 0 aliphatic carbocycles. The standard InChI is InChI=1S/C18H14Cl2N6O4/c1-30-14-5-3-2-4-13(14)23-16-15(26(28)29)17(22-9-21-16)24-25-18(27)11-7-6-10(19)8-12(11)20/h2-9H,1H3,(H,25,27)(H2,21,22,23,24). The molecule has 1 aromatic heterocycles. The first-order chi connectivity index (χ1) is 14.4. The van der Waals surface area contributed by atoms with Crippen LogP contribution < -0.4 is 20.9 Å². The van der Waals surface area contributed by atoms with Crippen molar-refractivity contribution in [2.24, 2.45) is 0 Å². The van der Waals surface area contributed by atoms with E-state index in [9.17, 15) is 14.9 Å². The maximum absolute atomic E-state index is 12.3. The van der Waals surface area contributed by atoms with Crippen molar-refractivity contribution >= 4 is 52.1 Å². The molecule has 3 aromatic rings. The Bertz CT molecular complexity index is 1110. The molecule has 154 valence electrons. The van der Waals surface area contributed by atoms with Gasteiger partial charge in [0.25, 0.3) is 5.91 Å². The summed E-state index contributed by atoms with van der Waals surface area (Å²) in [5.74, 6) is -0.499. The van der Waals surface area contributed by atoms with Gasteiger partial charge in [-0.2, -0.15) is 0 Å². The molecular formula is C18H14Cl2N6O4. The Kier molecular flexibility index (Phi) is 6.50. The van der Waals surface area contributed by atoms with Crippen LogP contribution in [0.5, 0.6) is 5.75 Å². The molecule has 0 unspecified atom stereocenters. The van der Waals surface area contributed by atoms with Crippen LogP contribution in [0.15, 0.2) is 48.8 Å². The number of hydrazine groups is 1. The van der Waals surface area contributed by atoms with E-state index in [1.165, 1.54) is 25.3 Å². The molecule has 30 heavy (non-hydrogen) atoms. The van der Waals surface area contributed by atoms with Crippen molar-refractivity contribution < 1.29 is 14.5 Å². The van der Waals surface area contributed by atoms with Crippen LogP contribution in [0.2, 0.25) is 10.0 Å². The monoisotopic (exact) mass is 448 g/mol. The summed E-state index contributed by atoms with van der Waals surface area (Å²) < 4.78 is 5.23. The van der Waals surface area contributed by atoms with Crippen molar-refractivity contribution in [2.75, 3.05) is 17.9 Å². The number of carbonyl (C=O) groups is 1. The minimum absolute atomic E-state index is 0.0965. The highest BCUT2D eigenvalue weighted by Crippen LogP contribution is 2.33. The first kappa shape index (κ1) is 21.1. The van der Waals surface area contributed by atoms with Gasteiger partial charge >= 0.3 is 5.69 Å². The predicted molar refractivity (Wildman–Crippen MR) is 113 cm³/mol. The van der Waals surface area contributed by atoms with Gasteiger partial charge in [-0.25, -0.2) is 9.97 Å². The number of nitro groups is 1. The number of rotatable bonds is 7. The van der Waals surface area contributed by atoms with Gasteiger partial charge < -0.3 is 10.1 Å². The Hall–Kier alpha value is -3.63. The molecule has 0 aliphatic heterocycles. The predicted octanol–water partition coefficient (Wildman–Crippen LogP) is 4.20. The first-order valence-electron chi connectivity index (χ1n) is 8.31. The molecule has 3 rings (SSSR count). The van der Waals surface area contributed by atoms with E-state index in [1.807, 2.05) is 0 Å². The van der Waals surface area contributed by atoms with Crippen molar-refractivity contribution in [2.45, 2.75) is 0 Å². The Balaban J connectivity index is 1.86. The van der Waals surface area contributed by atoms with Crippen LogP contribution in [0, 0.1) is 10.1 Å². The lowest BCUT2D eigenvalue weighted by atomic mass is 10.2. The average Bonchev–Trinajstić information content (AvgIpc) is 2.72. The second-order valence-electron chi connectivity index (χ2n) is 5.71. The number of carbonyl (C=O) groups excluding carboxylic acids is 1. The van der Waals surface area contributed by atoms with Gasteiger partial charge in [0, 0.05) is 5.02 Å². The number of anilines is 3. The van der Waals surface area contributed by atoms with Gasteiger partial charge in [-0.15, -0.1) is 0 Å². The van der Waals surface area contributed by atoms with Crippen LogP contribution in [0.3, 0.4) is 0 Å². The number of ether oxygens (including phenoxy) is 1. The second-order valence-corrected chi connectivity index (χ2v) is 6.55. The summed E-state index contributed by atoms with van der Waals surface area (Å²) >= 11 is 11.8. The zero-order chi connectivity index (χ0) is 21.7. The number of aromatic nitrogens is 2. The molecule has 1 amide bonds. The lowest BCUT2D eigenvalue weighted by Gasteiger charge is -2.13. The van der Waals surface area contributed by atoms with Crippen LogP contribution in [0.25, 0.3) is 0 Å². The number of nitrogens with one attached hydrogen (secondary N) is 3. The molecule has 12 heteroatoms. The van der Waals surface area contributed by atoms with Gasteiger partial charge in [0.15, 0.2) is 0 Å². The van der Waals surface area contributed by atoms with Crippen molar-refractivity contribution in [1.29, 1.82) is 0 Å². The normalized spacial score (nSPS) is 10.2. The van der Waals surface area contributed by atoms with Crippen LogP contribution in [0.4, 0.5) is 23.0 Å². The van der Waals surface area contributed by atoms with Crippen molar-refractivity contribution in [1.82, 2.24) is 15.4 Å². The van der Waals surface area contributed by atoms with E-state index in [-0.39, 0.29) is 22.2 Å². The van der Waals surface area contributed by atoms with Crippen molar-refractivity contribution in [3.8, 4) is 5.75 Å². The Morgan fingerprint density at radius 3 is 2.57 bits per heavy atom. The largest absolute Gasteiger partial charge is 0.495 e. The van der Waals surface area contributed by atoms with Gasteiger partial charge in [0.05, 0.1) is 28.3 Å². The molecule has 1 heterocycles. The molecule has 3 N–H and O–H groups in total. The molecule has 0 spiro atoms. The van der Waals surface area contributed by atoms with Crippen LogP contribution in [-0.2, 0) is 0 Å². The highest BCUT2D eigenvalue weighted by atomic mass is 35.5. The third-order valence-electron chi connectivity index (χ3n) is 3.84. The number of methoxy groups -OCH3 is 1. The summed E-state index contributed by atoms with van der Waals surface area (Å²) in [6.07, 6.45) is 1.11. The fourth-order valence-electron chi connectivity index (χ4n) is 2.47. The lowest BCUT2D eigenvalue weighted by Crippen LogP contribution is -2.30. The number of benzene rings is 2. The minimum atomic E-state index is -0.679. The number of hydrogen-bond acceptors (Lipinski definition) is 8. The van der Waals surface area contributed by atoms with E-state index >= 15 is 0 Å². The van der Waals surface area contributed by atoms with Gasteiger partial charge in [-0.3, -0.25) is 25.8 Å². The fraction of sp³-hybridized carbons (Fsp3) is 0.0556. The van der Waals surface area contributed by atoms with Crippen molar-refractivity contribution in [3.63, 3.8) is 0 Å². The molecule has 2 aromatic carbocycles. The summed E-state index contributed by atoms with van der Waals surface area (Å²) in [4.78, 5) is 31.1. The number of amides is 1. The lowest BCUT2D eigenvalue weighted by molar-refractivity contribution is -0.383. The zero-order valence-corrected chi connectivity index (χ0v) is 16.9. The molecule has 0 atom stereocenters. The fourth-order valence-corrected chi connectivity index (χ4v) is 2.96. The number of hydrogen-bond donors (Lipinski definition) is 3. The summed E-state index contributed by atoms with van der Waals surface area (Å²) in [6.45, 7) is 0. The van der Waals surface area contributed by atoms with Crippen LogP contribution in [0.1, 0.15) is 10.4 Å². The third kappa shape index (κ3) is 4.67. The smallest absolute Gasteiger partial charge is 0.355 e. The molecule has 0 saturated heterocycles. The molecule has 0 saturated carbocycles. The molecule has 0 bridgehead atoms. The van der Waals surface area contributed by atoms with Gasteiger partial charge in [0.1, 0.15) is 12.1 Å². The highest BCUT2D eigenvalue weighted by Gasteiger charge is 2.24. The molecular weight excluding hydrogens is 435 g/mol. The Labute approximate surface area is 180 Å². The summed E-state index contributed by atoms with van der Waals surface area (Å²) in [6, 6.07) is 11.2. The summed E-state index contributed by atoms with van der Waals surface area (Å²) in [5.41, 5.74) is 4.86. The van der Waals surface area contributed by atoms with E-state index in [2.05, 4.69) is 26.1 Å². The van der Waals surface area contributed by atoms with Crippen LogP contribution >= 0.6 is 23.2 Å². The van der Waals surface area contributed by atoms with E-state index in [1.54, 1.807) is 24.3 Å². The number of para-hydroxylation sites is 2. The van der Waals surface area contributed by atoms with Crippen LogP contribution in [-0.4, -0.2) is 27.9 Å². The molecule has 0 fully saturated rings. The van der Waals surface area contributed by atoms with E-state index in [0.29, 0.717) is 16.5 Å². The number of halogens is 2. The third-order valence-corrected chi connectivity index (χ3v) is 4.38. The second kappa shape index (κ2) is 9.25. The maximum atomic E-state index is 12.3. The van der Waals surface area contributed by atoms with E-state index in [4.69, 9.17) is 27.9 Å². The number of nitrogens with zero attached hydrogens (tertiary/aromatic N) is 3. The SMILES string of the molecule is COc1ccccc1Nc1ncnc(NNC(=O)c2ccc(Cl)cc2Cl)c1[N+](=O)[O-].